The molecule has 104 valence electrons. The van der Waals surface area contributed by atoms with E-state index in [1.165, 1.54) is 12.3 Å². The first kappa shape index (κ1) is 15.7. The highest BCUT2D eigenvalue weighted by molar-refractivity contribution is 6.41. The second-order valence-electron chi connectivity index (χ2n) is 4.24. The van der Waals surface area contributed by atoms with Gasteiger partial charge in [-0.1, -0.05) is 30.1 Å². The van der Waals surface area contributed by atoms with Gasteiger partial charge in [-0.15, -0.1) is 0 Å². The van der Waals surface area contributed by atoms with E-state index in [0.29, 0.717) is 18.5 Å². The summed E-state index contributed by atoms with van der Waals surface area (Å²) in [5.41, 5.74) is 0.319. The molecule has 0 aromatic carbocycles. The number of nitrogens with one attached hydrogen (secondary N) is 1. The Labute approximate surface area is 120 Å². The molecule has 1 amide bonds. The number of carbonyl (C=O) groups is 2. The number of nitrogens with zero attached hydrogens (tertiary/aromatic N) is 1. The minimum absolute atomic E-state index is 0.0794. The summed E-state index contributed by atoms with van der Waals surface area (Å²) >= 11 is 11.4. The maximum Gasteiger partial charge on any atom is 0.303 e. The Morgan fingerprint density at radius 3 is 2.74 bits per heavy atom. The van der Waals surface area contributed by atoms with E-state index in [4.69, 9.17) is 28.3 Å². The number of carboxylic acid groups (broad SMARTS) is 1. The van der Waals surface area contributed by atoms with Crippen LogP contribution in [0.25, 0.3) is 0 Å². The zero-order valence-electron chi connectivity index (χ0n) is 10.3. The quantitative estimate of drug-likeness (QED) is 0.792. The number of hydrogen-bond acceptors (Lipinski definition) is 3. The molecule has 0 saturated carbocycles. The maximum absolute atomic E-state index is 11.8. The van der Waals surface area contributed by atoms with Crippen molar-refractivity contribution in [3.63, 3.8) is 0 Å². The van der Waals surface area contributed by atoms with Crippen molar-refractivity contribution in [3.05, 3.63) is 28.0 Å². The molecule has 19 heavy (non-hydrogen) atoms. The van der Waals surface area contributed by atoms with Gasteiger partial charge < -0.3 is 10.4 Å². The van der Waals surface area contributed by atoms with E-state index in [1.54, 1.807) is 0 Å². The van der Waals surface area contributed by atoms with Crippen molar-refractivity contribution in [3.8, 4) is 0 Å². The van der Waals surface area contributed by atoms with E-state index in [9.17, 15) is 9.59 Å². The second-order valence-corrected chi connectivity index (χ2v) is 5.01. The molecule has 0 radical (unpaired) electrons. The third-order valence-electron chi connectivity index (χ3n) is 2.52. The van der Waals surface area contributed by atoms with Crippen molar-refractivity contribution in [2.24, 2.45) is 5.92 Å². The number of carboxylic acids is 1. The van der Waals surface area contributed by atoms with E-state index in [2.05, 4.69) is 10.3 Å². The van der Waals surface area contributed by atoms with Crippen LogP contribution in [-0.2, 0) is 4.79 Å². The van der Waals surface area contributed by atoms with Gasteiger partial charge in [-0.05, 0) is 18.4 Å². The van der Waals surface area contributed by atoms with Crippen molar-refractivity contribution >= 4 is 35.1 Å². The number of halogens is 2. The molecule has 1 rings (SSSR count). The van der Waals surface area contributed by atoms with Crippen LogP contribution in [0.15, 0.2) is 12.3 Å². The van der Waals surface area contributed by atoms with Gasteiger partial charge in [-0.2, -0.15) is 0 Å². The number of hydrogen-bond donors (Lipinski definition) is 2. The molecule has 1 heterocycles. The predicted molar refractivity (Wildman–Crippen MR) is 72.6 cm³/mol. The van der Waals surface area contributed by atoms with Crippen LogP contribution in [0.2, 0.25) is 10.2 Å². The fourth-order valence-corrected chi connectivity index (χ4v) is 1.66. The monoisotopic (exact) mass is 304 g/mol. The fourth-order valence-electron chi connectivity index (χ4n) is 1.39. The molecule has 0 spiro atoms. The smallest absolute Gasteiger partial charge is 0.303 e. The van der Waals surface area contributed by atoms with Gasteiger partial charge in [0.05, 0.1) is 10.6 Å². The Hall–Kier alpha value is -1.33. The average Bonchev–Trinajstić information content (AvgIpc) is 2.36. The van der Waals surface area contributed by atoms with Crippen LogP contribution in [0.5, 0.6) is 0 Å². The molecule has 2 N–H and O–H groups in total. The SMILES string of the molecule is CC(CCC(=O)O)CNC(=O)c1cnc(Cl)c(Cl)c1. The van der Waals surface area contributed by atoms with E-state index >= 15 is 0 Å². The van der Waals surface area contributed by atoms with Gasteiger partial charge in [-0.25, -0.2) is 4.98 Å². The molecule has 1 aromatic heterocycles. The molecule has 5 nitrogen and oxygen atoms in total. The van der Waals surface area contributed by atoms with Crippen LogP contribution >= 0.6 is 23.2 Å². The van der Waals surface area contributed by atoms with Gasteiger partial charge in [0.1, 0.15) is 5.15 Å². The minimum Gasteiger partial charge on any atom is -0.481 e. The number of carbonyl (C=O) groups excluding carboxylic acids is 1. The Morgan fingerprint density at radius 2 is 2.16 bits per heavy atom. The molecule has 0 fully saturated rings. The Bertz CT molecular complexity index is 480. The summed E-state index contributed by atoms with van der Waals surface area (Å²) in [6.45, 7) is 2.27. The molecule has 7 heteroatoms. The first-order valence-electron chi connectivity index (χ1n) is 5.71. The van der Waals surface area contributed by atoms with Crippen molar-refractivity contribution in [1.29, 1.82) is 0 Å². The lowest BCUT2D eigenvalue weighted by atomic mass is 10.1. The van der Waals surface area contributed by atoms with Gasteiger partial charge in [0, 0.05) is 19.2 Å². The lowest BCUT2D eigenvalue weighted by Gasteiger charge is -2.11. The molecule has 0 aliphatic carbocycles. The maximum atomic E-state index is 11.8. The molecule has 1 atom stereocenters. The first-order valence-corrected chi connectivity index (χ1v) is 6.46. The van der Waals surface area contributed by atoms with Crippen LogP contribution < -0.4 is 5.32 Å². The Balaban J connectivity index is 2.46. The highest BCUT2D eigenvalue weighted by atomic mass is 35.5. The van der Waals surface area contributed by atoms with Gasteiger partial charge in [0.15, 0.2) is 0 Å². The number of aromatic nitrogens is 1. The second kappa shape index (κ2) is 7.31. The Morgan fingerprint density at radius 1 is 1.47 bits per heavy atom. The molecule has 1 unspecified atom stereocenters. The molecule has 1 aromatic rings. The van der Waals surface area contributed by atoms with E-state index in [0.717, 1.165) is 0 Å². The van der Waals surface area contributed by atoms with Crippen molar-refractivity contribution in [2.45, 2.75) is 19.8 Å². The lowest BCUT2D eigenvalue weighted by molar-refractivity contribution is -0.137. The number of amides is 1. The highest BCUT2D eigenvalue weighted by Crippen LogP contribution is 2.19. The average molecular weight is 305 g/mol. The lowest BCUT2D eigenvalue weighted by Crippen LogP contribution is -2.28. The molecule has 0 aliphatic rings. The van der Waals surface area contributed by atoms with Crippen LogP contribution in [-0.4, -0.2) is 28.5 Å². The largest absolute Gasteiger partial charge is 0.481 e. The number of aliphatic carboxylic acids is 1. The predicted octanol–water partition coefficient (Wildman–Crippen LogP) is 2.62. The molecular weight excluding hydrogens is 291 g/mol. The van der Waals surface area contributed by atoms with E-state index < -0.39 is 5.97 Å². The molecule has 0 aliphatic heterocycles. The number of pyridine rings is 1. The van der Waals surface area contributed by atoms with Gasteiger partial charge in [-0.3, -0.25) is 9.59 Å². The van der Waals surface area contributed by atoms with Gasteiger partial charge in [0.25, 0.3) is 5.91 Å². The van der Waals surface area contributed by atoms with Crippen LogP contribution in [0.1, 0.15) is 30.1 Å². The summed E-state index contributed by atoms with van der Waals surface area (Å²) in [6.07, 6.45) is 1.94. The summed E-state index contributed by atoms with van der Waals surface area (Å²) < 4.78 is 0. The summed E-state index contributed by atoms with van der Waals surface area (Å²) in [6, 6.07) is 1.44. The van der Waals surface area contributed by atoms with Crippen LogP contribution in [0.4, 0.5) is 0 Å². The van der Waals surface area contributed by atoms with Crippen LogP contribution in [0, 0.1) is 5.92 Å². The summed E-state index contributed by atoms with van der Waals surface area (Å²) in [7, 11) is 0. The number of rotatable bonds is 6. The molecular formula is C12H14Cl2N2O3. The van der Waals surface area contributed by atoms with Crippen molar-refractivity contribution in [2.75, 3.05) is 6.54 Å². The zero-order chi connectivity index (χ0) is 14.4. The van der Waals surface area contributed by atoms with Gasteiger partial charge >= 0.3 is 5.97 Å². The molecule has 0 bridgehead atoms. The van der Waals surface area contributed by atoms with Crippen LogP contribution in [0.3, 0.4) is 0 Å². The van der Waals surface area contributed by atoms with E-state index in [1.807, 2.05) is 6.92 Å². The molecule has 0 saturated heterocycles. The minimum atomic E-state index is -0.841. The topological polar surface area (TPSA) is 79.3 Å². The van der Waals surface area contributed by atoms with E-state index in [-0.39, 0.29) is 28.4 Å². The van der Waals surface area contributed by atoms with Gasteiger partial charge in [0.2, 0.25) is 0 Å². The third kappa shape index (κ3) is 5.44. The Kier molecular flexibility index (Phi) is 6.05. The first-order chi connectivity index (χ1) is 8.90. The summed E-state index contributed by atoms with van der Waals surface area (Å²) in [4.78, 5) is 26.0. The highest BCUT2D eigenvalue weighted by Gasteiger charge is 2.11. The standard InChI is InChI=1S/C12H14Cl2N2O3/c1-7(2-3-10(17)18)5-16-12(19)8-4-9(13)11(14)15-6-8/h4,6-7H,2-3,5H2,1H3,(H,16,19)(H,17,18). The normalized spacial score (nSPS) is 11.9. The van der Waals surface area contributed by atoms with Crippen molar-refractivity contribution < 1.29 is 14.7 Å². The summed E-state index contributed by atoms with van der Waals surface area (Å²) in [5, 5.41) is 11.6. The van der Waals surface area contributed by atoms with Crippen molar-refractivity contribution in [1.82, 2.24) is 10.3 Å². The fraction of sp³-hybridized carbons (Fsp3) is 0.417. The summed E-state index contributed by atoms with van der Waals surface area (Å²) in [5.74, 6) is -1.07. The third-order valence-corrected chi connectivity index (χ3v) is 3.21. The zero-order valence-corrected chi connectivity index (χ0v) is 11.8.